The average molecular weight is 183 g/mol. The number of rotatable bonds is 1. The Hall–Kier alpha value is -0.730. The molecule has 3 heteroatoms. The fourth-order valence-electron chi connectivity index (χ4n) is 2.39. The first kappa shape index (κ1) is 8.85. The van der Waals surface area contributed by atoms with Crippen LogP contribution in [0.5, 0.6) is 0 Å². The molecule has 0 bridgehead atoms. The van der Waals surface area contributed by atoms with Gasteiger partial charge in [-0.15, -0.1) is 0 Å². The van der Waals surface area contributed by atoms with Gasteiger partial charge in [0, 0.05) is 13.0 Å². The Bertz CT molecular complexity index is 187. The molecule has 2 rings (SSSR count). The van der Waals surface area contributed by atoms with Crippen molar-refractivity contribution < 1.29 is 9.53 Å². The van der Waals surface area contributed by atoms with E-state index in [-0.39, 0.29) is 12.2 Å². The number of carbonyl (C=O) groups excluding carboxylic acids is 1. The van der Waals surface area contributed by atoms with E-state index in [1.807, 2.05) is 0 Å². The van der Waals surface area contributed by atoms with E-state index in [4.69, 9.17) is 4.74 Å². The van der Waals surface area contributed by atoms with Gasteiger partial charge in [0.2, 0.25) is 0 Å². The standard InChI is InChI=1S/C10H17NO2/c12-10-11-7-6-9(13-10)8-4-2-1-3-5-8/h8-9H,1-7H2,(H,11,12). The van der Waals surface area contributed by atoms with Gasteiger partial charge in [-0.3, -0.25) is 0 Å². The van der Waals surface area contributed by atoms with Gasteiger partial charge in [-0.25, -0.2) is 4.79 Å². The highest BCUT2D eigenvalue weighted by Gasteiger charge is 2.29. The molecular weight excluding hydrogens is 166 g/mol. The minimum atomic E-state index is -0.221. The molecule has 1 atom stereocenters. The van der Waals surface area contributed by atoms with Gasteiger partial charge >= 0.3 is 6.09 Å². The second-order valence-electron chi connectivity index (χ2n) is 4.06. The van der Waals surface area contributed by atoms with Gasteiger partial charge in [0.05, 0.1) is 0 Å². The largest absolute Gasteiger partial charge is 0.446 e. The third-order valence-electron chi connectivity index (χ3n) is 3.13. The second kappa shape index (κ2) is 3.99. The topological polar surface area (TPSA) is 38.3 Å². The molecule has 1 unspecified atom stereocenters. The van der Waals surface area contributed by atoms with Crippen molar-refractivity contribution in [1.82, 2.24) is 5.32 Å². The maximum absolute atomic E-state index is 11.0. The Morgan fingerprint density at radius 2 is 1.92 bits per heavy atom. The summed E-state index contributed by atoms with van der Waals surface area (Å²) in [6, 6.07) is 0. The van der Waals surface area contributed by atoms with Gasteiger partial charge in [0.1, 0.15) is 6.10 Å². The first-order valence-corrected chi connectivity index (χ1v) is 5.31. The zero-order valence-electron chi connectivity index (χ0n) is 7.92. The SMILES string of the molecule is O=C1NCCC(C2CCCCC2)O1. The Kier molecular flexibility index (Phi) is 2.71. The molecule has 1 saturated carbocycles. The molecule has 0 aromatic rings. The first-order valence-electron chi connectivity index (χ1n) is 5.31. The van der Waals surface area contributed by atoms with Gasteiger partial charge in [-0.05, 0) is 18.8 Å². The molecule has 0 radical (unpaired) electrons. The molecule has 3 nitrogen and oxygen atoms in total. The number of amides is 1. The first-order chi connectivity index (χ1) is 6.36. The fourth-order valence-corrected chi connectivity index (χ4v) is 2.39. The van der Waals surface area contributed by atoms with Crippen LogP contribution < -0.4 is 5.32 Å². The summed E-state index contributed by atoms with van der Waals surface area (Å²) < 4.78 is 5.28. The number of carbonyl (C=O) groups is 1. The average Bonchev–Trinajstić information content (AvgIpc) is 2.19. The summed E-state index contributed by atoms with van der Waals surface area (Å²) in [6.45, 7) is 0.792. The molecule has 1 aliphatic heterocycles. The van der Waals surface area contributed by atoms with Crippen LogP contribution >= 0.6 is 0 Å². The van der Waals surface area contributed by atoms with Crippen LogP contribution in [0.2, 0.25) is 0 Å². The molecule has 1 amide bonds. The zero-order chi connectivity index (χ0) is 9.10. The molecule has 1 heterocycles. The van der Waals surface area contributed by atoms with Gasteiger partial charge in [-0.1, -0.05) is 19.3 Å². The van der Waals surface area contributed by atoms with Crippen molar-refractivity contribution in [1.29, 1.82) is 0 Å². The highest BCUT2D eigenvalue weighted by molar-refractivity contribution is 5.68. The molecule has 0 aromatic carbocycles. The van der Waals surface area contributed by atoms with Gasteiger partial charge in [-0.2, -0.15) is 0 Å². The van der Waals surface area contributed by atoms with Crippen molar-refractivity contribution in [2.45, 2.75) is 44.6 Å². The smallest absolute Gasteiger partial charge is 0.407 e. The van der Waals surface area contributed by atoms with Gasteiger partial charge in [0.15, 0.2) is 0 Å². The van der Waals surface area contributed by atoms with Crippen molar-refractivity contribution in [3.05, 3.63) is 0 Å². The molecule has 1 N–H and O–H groups in total. The van der Waals surface area contributed by atoms with Crippen LogP contribution in [0.15, 0.2) is 0 Å². The summed E-state index contributed by atoms with van der Waals surface area (Å²) in [5.74, 6) is 0.639. The van der Waals surface area contributed by atoms with E-state index >= 15 is 0 Å². The van der Waals surface area contributed by atoms with Crippen LogP contribution in [0.3, 0.4) is 0 Å². The van der Waals surface area contributed by atoms with Crippen LogP contribution in [0, 0.1) is 5.92 Å². The van der Waals surface area contributed by atoms with Crippen LogP contribution in [0.4, 0.5) is 4.79 Å². The number of cyclic esters (lactones) is 1. The highest BCUT2D eigenvalue weighted by atomic mass is 16.6. The summed E-state index contributed by atoms with van der Waals surface area (Å²) >= 11 is 0. The quantitative estimate of drug-likeness (QED) is 0.675. The number of alkyl carbamates (subject to hydrolysis) is 1. The summed E-state index contributed by atoms with van der Waals surface area (Å²) in [7, 11) is 0. The minimum absolute atomic E-state index is 0.203. The third kappa shape index (κ3) is 2.14. The van der Waals surface area contributed by atoms with Gasteiger partial charge in [0.25, 0.3) is 0 Å². The van der Waals surface area contributed by atoms with Crippen molar-refractivity contribution in [3.8, 4) is 0 Å². The van der Waals surface area contributed by atoms with E-state index in [1.54, 1.807) is 0 Å². The maximum atomic E-state index is 11.0. The number of hydrogen-bond acceptors (Lipinski definition) is 2. The van der Waals surface area contributed by atoms with E-state index in [0.717, 1.165) is 13.0 Å². The summed E-state index contributed by atoms with van der Waals surface area (Å²) in [5.41, 5.74) is 0. The Morgan fingerprint density at radius 3 is 2.62 bits per heavy atom. The van der Waals surface area contributed by atoms with Gasteiger partial charge < -0.3 is 10.1 Å². The van der Waals surface area contributed by atoms with Crippen LogP contribution in [-0.2, 0) is 4.74 Å². The summed E-state index contributed by atoms with van der Waals surface area (Å²) in [5, 5.41) is 2.69. The lowest BCUT2D eigenvalue weighted by atomic mass is 9.84. The summed E-state index contributed by atoms with van der Waals surface area (Å²) in [4.78, 5) is 11.0. The van der Waals surface area contributed by atoms with Crippen LogP contribution in [0.1, 0.15) is 38.5 Å². The normalized spacial score (nSPS) is 30.8. The van der Waals surface area contributed by atoms with E-state index in [9.17, 15) is 4.79 Å². The Labute approximate surface area is 78.8 Å². The molecule has 0 spiro atoms. The van der Waals surface area contributed by atoms with Crippen molar-refractivity contribution >= 4 is 6.09 Å². The van der Waals surface area contributed by atoms with E-state index in [2.05, 4.69) is 5.32 Å². The number of hydrogen-bond donors (Lipinski definition) is 1. The summed E-state index contributed by atoms with van der Waals surface area (Å²) in [6.07, 6.45) is 7.45. The predicted octanol–water partition coefficient (Wildman–Crippen LogP) is 2.07. The molecule has 0 aromatic heterocycles. The third-order valence-corrected chi connectivity index (χ3v) is 3.13. The molecular formula is C10H17NO2. The molecule has 2 aliphatic rings. The molecule has 13 heavy (non-hydrogen) atoms. The monoisotopic (exact) mass is 183 g/mol. The molecule has 74 valence electrons. The zero-order valence-corrected chi connectivity index (χ0v) is 7.92. The van der Waals surface area contributed by atoms with Crippen LogP contribution in [-0.4, -0.2) is 18.7 Å². The maximum Gasteiger partial charge on any atom is 0.407 e. The molecule has 1 saturated heterocycles. The lowest BCUT2D eigenvalue weighted by Crippen LogP contribution is -2.41. The highest BCUT2D eigenvalue weighted by Crippen LogP contribution is 2.30. The molecule has 2 fully saturated rings. The van der Waals surface area contributed by atoms with Crippen LogP contribution in [0.25, 0.3) is 0 Å². The predicted molar refractivity (Wildman–Crippen MR) is 49.5 cm³/mol. The van der Waals surface area contributed by atoms with E-state index in [1.165, 1.54) is 32.1 Å². The van der Waals surface area contributed by atoms with E-state index < -0.39 is 0 Å². The fraction of sp³-hybridized carbons (Fsp3) is 0.900. The second-order valence-corrected chi connectivity index (χ2v) is 4.06. The van der Waals surface area contributed by atoms with Crippen molar-refractivity contribution in [2.75, 3.05) is 6.54 Å². The number of ether oxygens (including phenoxy) is 1. The Balaban J connectivity index is 1.87. The lowest BCUT2D eigenvalue weighted by molar-refractivity contribution is 0.0270. The van der Waals surface area contributed by atoms with Crippen molar-refractivity contribution in [3.63, 3.8) is 0 Å². The number of nitrogens with one attached hydrogen (secondary N) is 1. The molecule has 1 aliphatic carbocycles. The van der Waals surface area contributed by atoms with Crippen molar-refractivity contribution in [2.24, 2.45) is 5.92 Å². The minimum Gasteiger partial charge on any atom is -0.446 e. The Morgan fingerprint density at radius 1 is 1.15 bits per heavy atom. The lowest BCUT2D eigenvalue weighted by Gasteiger charge is -2.32. The van der Waals surface area contributed by atoms with E-state index in [0.29, 0.717) is 5.92 Å².